The zero-order valence-electron chi connectivity index (χ0n) is 5.71. The predicted molar refractivity (Wildman–Crippen MR) is 42.7 cm³/mol. The molecule has 1 saturated heterocycles. The van der Waals surface area contributed by atoms with E-state index in [2.05, 4.69) is 30.8 Å². The number of thioether (sulfide) groups is 1. The number of hydrogen-bond acceptors (Lipinski definition) is 1. The molecule has 0 aromatic heterocycles. The second-order valence-corrected chi connectivity index (χ2v) is 4.35. The normalized spacial score (nSPS) is 46.6. The molecule has 3 unspecified atom stereocenters. The maximum Gasteiger partial charge on any atom is 0.0262 e. The third-order valence-corrected chi connectivity index (χ3v) is 3.93. The van der Waals surface area contributed by atoms with Crippen LogP contribution in [0, 0.1) is 5.92 Å². The summed E-state index contributed by atoms with van der Waals surface area (Å²) < 4.78 is 0. The maximum absolute atomic E-state index is 2.40. The molecule has 0 aliphatic carbocycles. The van der Waals surface area contributed by atoms with Crippen LogP contribution in [0.2, 0.25) is 0 Å². The van der Waals surface area contributed by atoms with Crippen LogP contribution in [0.1, 0.15) is 19.8 Å². The van der Waals surface area contributed by atoms with E-state index < -0.39 is 0 Å². The smallest absolute Gasteiger partial charge is 0.0262 e. The van der Waals surface area contributed by atoms with E-state index in [0.29, 0.717) is 0 Å². The van der Waals surface area contributed by atoms with E-state index in [4.69, 9.17) is 0 Å². The van der Waals surface area contributed by atoms with Gasteiger partial charge in [0.25, 0.3) is 0 Å². The Morgan fingerprint density at radius 3 is 2.78 bits per heavy atom. The van der Waals surface area contributed by atoms with Crippen molar-refractivity contribution in [1.82, 2.24) is 0 Å². The summed E-state index contributed by atoms with van der Waals surface area (Å²) in [5.74, 6) is 1.00. The van der Waals surface area contributed by atoms with Crippen molar-refractivity contribution in [2.45, 2.75) is 30.3 Å². The summed E-state index contributed by atoms with van der Waals surface area (Å²) in [5, 5.41) is 1.78. The molecule has 0 N–H and O–H groups in total. The van der Waals surface area contributed by atoms with Gasteiger partial charge in [0.15, 0.2) is 0 Å². The van der Waals surface area contributed by atoms with Gasteiger partial charge in [-0.2, -0.15) is 0 Å². The molecule has 50 valence electrons. The minimum absolute atomic E-state index is 0.889. The monoisotopic (exact) mass is 140 g/mol. The molecule has 0 nitrogen and oxygen atoms in total. The van der Waals surface area contributed by atoms with Crippen LogP contribution in [-0.4, -0.2) is 10.5 Å². The molecule has 1 fully saturated rings. The molecular formula is C8H12S. The van der Waals surface area contributed by atoms with E-state index >= 15 is 0 Å². The SMILES string of the molecule is CCC1CC2C=CC1S2. The van der Waals surface area contributed by atoms with Crippen molar-refractivity contribution in [2.75, 3.05) is 0 Å². The standard InChI is InChI=1S/C8H12S/c1-2-6-5-7-3-4-8(6)9-7/h3-4,6-8H,2,5H2,1H3. The lowest BCUT2D eigenvalue weighted by Gasteiger charge is -2.12. The van der Waals surface area contributed by atoms with Crippen LogP contribution in [0.25, 0.3) is 0 Å². The van der Waals surface area contributed by atoms with Crippen LogP contribution in [0.5, 0.6) is 0 Å². The Morgan fingerprint density at radius 2 is 2.44 bits per heavy atom. The first-order chi connectivity index (χ1) is 4.40. The van der Waals surface area contributed by atoms with Gasteiger partial charge in [-0.1, -0.05) is 25.5 Å². The molecule has 0 aromatic rings. The Labute approximate surface area is 60.7 Å². The molecule has 2 bridgehead atoms. The molecular weight excluding hydrogens is 128 g/mol. The Balaban J connectivity index is 2.10. The van der Waals surface area contributed by atoms with E-state index in [0.717, 1.165) is 16.4 Å². The summed E-state index contributed by atoms with van der Waals surface area (Å²) >= 11 is 2.15. The van der Waals surface area contributed by atoms with Crippen LogP contribution in [0.15, 0.2) is 12.2 Å². The summed E-state index contributed by atoms with van der Waals surface area (Å²) in [6.07, 6.45) is 7.59. The first-order valence-electron chi connectivity index (χ1n) is 3.74. The number of hydrogen-bond donors (Lipinski definition) is 0. The van der Waals surface area contributed by atoms with Gasteiger partial charge in [-0.15, -0.1) is 11.8 Å². The van der Waals surface area contributed by atoms with Crippen molar-refractivity contribution in [3.05, 3.63) is 12.2 Å². The summed E-state index contributed by atoms with van der Waals surface area (Å²) in [6, 6.07) is 0. The van der Waals surface area contributed by atoms with Gasteiger partial charge >= 0.3 is 0 Å². The van der Waals surface area contributed by atoms with Crippen molar-refractivity contribution in [3.8, 4) is 0 Å². The summed E-state index contributed by atoms with van der Waals surface area (Å²) in [5.41, 5.74) is 0. The number of rotatable bonds is 1. The zero-order valence-corrected chi connectivity index (χ0v) is 6.53. The van der Waals surface area contributed by atoms with E-state index in [9.17, 15) is 0 Å². The zero-order chi connectivity index (χ0) is 6.27. The van der Waals surface area contributed by atoms with E-state index in [1.807, 2.05) is 0 Å². The average Bonchev–Trinajstić information content (AvgIpc) is 2.45. The maximum atomic E-state index is 2.40. The minimum Gasteiger partial charge on any atom is -0.147 e. The lowest BCUT2D eigenvalue weighted by atomic mass is 9.92. The molecule has 0 radical (unpaired) electrons. The second-order valence-electron chi connectivity index (χ2n) is 2.93. The van der Waals surface area contributed by atoms with Gasteiger partial charge in [0.2, 0.25) is 0 Å². The van der Waals surface area contributed by atoms with Crippen LogP contribution in [0.4, 0.5) is 0 Å². The highest BCUT2D eigenvalue weighted by molar-refractivity contribution is 8.01. The summed E-state index contributed by atoms with van der Waals surface area (Å²) in [6.45, 7) is 2.31. The topological polar surface area (TPSA) is 0 Å². The van der Waals surface area contributed by atoms with Crippen LogP contribution in [-0.2, 0) is 0 Å². The Kier molecular flexibility index (Phi) is 1.33. The first kappa shape index (κ1) is 5.84. The molecule has 0 saturated carbocycles. The lowest BCUT2D eigenvalue weighted by Crippen LogP contribution is -2.09. The third kappa shape index (κ3) is 0.823. The van der Waals surface area contributed by atoms with Gasteiger partial charge in [-0.25, -0.2) is 0 Å². The molecule has 9 heavy (non-hydrogen) atoms. The average molecular weight is 140 g/mol. The van der Waals surface area contributed by atoms with Gasteiger partial charge in [-0.3, -0.25) is 0 Å². The molecule has 2 rings (SSSR count). The molecule has 3 atom stereocenters. The fourth-order valence-electron chi connectivity index (χ4n) is 1.76. The molecule has 2 aliphatic heterocycles. The largest absolute Gasteiger partial charge is 0.147 e. The fourth-order valence-corrected chi connectivity index (χ4v) is 3.41. The highest BCUT2D eigenvalue weighted by atomic mass is 32.2. The molecule has 0 spiro atoms. The van der Waals surface area contributed by atoms with Gasteiger partial charge in [0.05, 0.1) is 0 Å². The van der Waals surface area contributed by atoms with Crippen LogP contribution < -0.4 is 0 Å². The van der Waals surface area contributed by atoms with E-state index in [-0.39, 0.29) is 0 Å². The highest BCUT2D eigenvalue weighted by Gasteiger charge is 2.34. The van der Waals surface area contributed by atoms with Crippen molar-refractivity contribution >= 4 is 11.8 Å². The van der Waals surface area contributed by atoms with Crippen LogP contribution in [0.3, 0.4) is 0 Å². The highest BCUT2D eigenvalue weighted by Crippen LogP contribution is 2.45. The second kappa shape index (κ2) is 2.05. The Bertz CT molecular complexity index is 140. The van der Waals surface area contributed by atoms with E-state index in [1.54, 1.807) is 0 Å². The molecule has 1 heteroatoms. The van der Waals surface area contributed by atoms with Crippen molar-refractivity contribution in [1.29, 1.82) is 0 Å². The first-order valence-corrected chi connectivity index (χ1v) is 4.68. The van der Waals surface area contributed by atoms with E-state index in [1.165, 1.54) is 12.8 Å². The lowest BCUT2D eigenvalue weighted by molar-refractivity contribution is 0.508. The molecule has 2 heterocycles. The molecule has 0 amide bonds. The Morgan fingerprint density at radius 1 is 1.56 bits per heavy atom. The molecule has 2 aliphatic rings. The number of fused-ring (bicyclic) bond motifs is 2. The van der Waals surface area contributed by atoms with Crippen LogP contribution >= 0.6 is 11.8 Å². The Hall–Kier alpha value is 0.0900. The molecule has 0 aromatic carbocycles. The van der Waals surface area contributed by atoms with Crippen molar-refractivity contribution in [2.24, 2.45) is 5.92 Å². The van der Waals surface area contributed by atoms with Gasteiger partial charge in [0, 0.05) is 10.5 Å². The third-order valence-electron chi connectivity index (χ3n) is 2.37. The summed E-state index contributed by atoms with van der Waals surface area (Å²) in [4.78, 5) is 0. The van der Waals surface area contributed by atoms with Gasteiger partial charge in [0.1, 0.15) is 0 Å². The minimum atomic E-state index is 0.889. The van der Waals surface area contributed by atoms with Gasteiger partial charge in [-0.05, 0) is 12.3 Å². The van der Waals surface area contributed by atoms with Gasteiger partial charge < -0.3 is 0 Å². The predicted octanol–water partition coefficient (Wildman–Crippen LogP) is 2.46. The summed E-state index contributed by atoms with van der Waals surface area (Å²) in [7, 11) is 0. The van der Waals surface area contributed by atoms with Crippen molar-refractivity contribution < 1.29 is 0 Å². The van der Waals surface area contributed by atoms with Crippen molar-refractivity contribution in [3.63, 3.8) is 0 Å². The fraction of sp³-hybridized carbons (Fsp3) is 0.750. The quantitative estimate of drug-likeness (QED) is 0.504.